The highest BCUT2D eigenvalue weighted by atomic mass is 35.5. The van der Waals surface area contributed by atoms with Crippen LogP contribution in [0.4, 0.5) is 0 Å². The van der Waals surface area contributed by atoms with Crippen LogP contribution in [0.5, 0.6) is 0 Å². The number of amides is 1. The van der Waals surface area contributed by atoms with Gasteiger partial charge in [-0.15, -0.1) is 12.4 Å². The van der Waals surface area contributed by atoms with E-state index in [-0.39, 0.29) is 12.4 Å². The van der Waals surface area contributed by atoms with Gasteiger partial charge in [-0.25, -0.2) is 0 Å². The van der Waals surface area contributed by atoms with Crippen LogP contribution in [-0.2, 0) is 11.2 Å². The van der Waals surface area contributed by atoms with Gasteiger partial charge in [0.05, 0.1) is 0 Å². The maximum atomic E-state index is 13.1. The van der Waals surface area contributed by atoms with E-state index in [1.54, 1.807) is 0 Å². The number of hydrogen-bond donors (Lipinski definition) is 1. The van der Waals surface area contributed by atoms with E-state index >= 15 is 0 Å². The maximum absolute atomic E-state index is 13.1. The van der Waals surface area contributed by atoms with Crippen molar-refractivity contribution in [2.75, 3.05) is 19.6 Å². The number of rotatable bonds is 3. The molecule has 1 amide bonds. The van der Waals surface area contributed by atoms with Crippen LogP contribution in [0, 0.1) is 18.3 Å². The molecule has 2 unspecified atom stereocenters. The Morgan fingerprint density at radius 3 is 2.79 bits per heavy atom. The van der Waals surface area contributed by atoms with Crippen LogP contribution >= 0.6 is 12.4 Å². The van der Waals surface area contributed by atoms with Crippen LogP contribution in [0.1, 0.15) is 43.2 Å². The van der Waals surface area contributed by atoms with Gasteiger partial charge in [0.2, 0.25) is 5.91 Å². The molecular formula is C20H29ClN2O. The molecule has 1 aromatic carbocycles. The van der Waals surface area contributed by atoms with Crippen molar-refractivity contribution in [3.05, 3.63) is 35.4 Å². The van der Waals surface area contributed by atoms with E-state index < -0.39 is 0 Å². The molecule has 2 saturated heterocycles. The zero-order chi connectivity index (χ0) is 15.9. The first-order valence-corrected chi connectivity index (χ1v) is 9.25. The van der Waals surface area contributed by atoms with Crippen molar-refractivity contribution in [2.24, 2.45) is 11.3 Å². The van der Waals surface area contributed by atoms with Gasteiger partial charge in [-0.3, -0.25) is 4.79 Å². The van der Waals surface area contributed by atoms with Gasteiger partial charge < -0.3 is 10.2 Å². The Bertz CT molecular complexity index is 597. The Labute approximate surface area is 151 Å². The number of hydrogen-bond acceptors (Lipinski definition) is 2. The second-order valence-electron chi connectivity index (χ2n) is 7.83. The monoisotopic (exact) mass is 348 g/mol. The molecule has 1 aromatic rings. The van der Waals surface area contributed by atoms with E-state index in [9.17, 15) is 4.79 Å². The maximum Gasteiger partial charge on any atom is 0.226 e. The quantitative estimate of drug-likeness (QED) is 0.908. The molecule has 4 heteroatoms. The van der Waals surface area contributed by atoms with Crippen molar-refractivity contribution in [1.82, 2.24) is 10.2 Å². The molecule has 0 aromatic heterocycles. The van der Waals surface area contributed by atoms with Crippen LogP contribution in [-0.4, -0.2) is 36.5 Å². The Morgan fingerprint density at radius 2 is 2.04 bits per heavy atom. The third kappa shape index (κ3) is 3.21. The lowest BCUT2D eigenvalue weighted by molar-refractivity contribution is -0.134. The minimum absolute atomic E-state index is 0. The molecule has 1 aliphatic carbocycles. The number of nitrogens with one attached hydrogen (secondary N) is 1. The largest absolute Gasteiger partial charge is 0.339 e. The summed E-state index contributed by atoms with van der Waals surface area (Å²) in [6.45, 7) is 5.34. The summed E-state index contributed by atoms with van der Waals surface area (Å²) in [5, 5.41) is 3.43. The number of carbonyl (C=O) groups excluding carboxylic acids is 1. The van der Waals surface area contributed by atoms with Crippen LogP contribution in [0.25, 0.3) is 0 Å². The highest BCUT2D eigenvalue weighted by Gasteiger charge is 2.59. The molecule has 1 spiro atoms. The first-order valence-electron chi connectivity index (χ1n) is 9.25. The van der Waals surface area contributed by atoms with E-state index in [1.807, 2.05) is 0 Å². The standard InChI is InChI=1S/C20H28N2O.ClH/c1-15-5-2-3-6-16(15)13-17-7-4-12-22(17)19(23)18-14-20(18)8-10-21-11-9-20;/h2-3,5-6,17-18,21H,4,7-14H2,1H3;1H. The van der Waals surface area contributed by atoms with E-state index in [0.717, 1.165) is 32.5 Å². The number of piperidine rings is 1. The average Bonchev–Trinajstić information content (AvgIpc) is 3.04. The summed E-state index contributed by atoms with van der Waals surface area (Å²) in [5.41, 5.74) is 3.12. The third-order valence-corrected chi connectivity index (χ3v) is 6.46. The van der Waals surface area contributed by atoms with Crippen LogP contribution < -0.4 is 5.32 Å². The lowest BCUT2D eigenvalue weighted by atomic mass is 9.91. The average molecular weight is 349 g/mol. The van der Waals surface area contributed by atoms with Crippen molar-refractivity contribution in [3.63, 3.8) is 0 Å². The van der Waals surface area contributed by atoms with Crippen molar-refractivity contribution in [2.45, 2.75) is 51.5 Å². The van der Waals surface area contributed by atoms with Gasteiger partial charge in [-0.2, -0.15) is 0 Å². The summed E-state index contributed by atoms with van der Waals surface area (Å²) in [7, 11) is 0. The molecule has 2 aliphatic heterocycles. The fraction of sp³-hybridized carbons (Fsp3) is 0.650. The summed E-state index contributed by atoms with van der Waals surface area (Å²) < 4.78 is 0. The summed E-state index contributed by atoms with van der Waals surface area (Å²) in [4.78, 5) is 15.3. The first-order chi connectivity index (χ1) is 11.2. The number of nitrogens with zero attached hydrogens (tertiary/aromatic N) is 1. The molecule has 3 aliphatic rings. The highest BCUT2D eigenvalue weighted by molar-refractivity contribution is 5.85. The molecule has 1 N–H and O–H groups in total. The van der Waals surface area contributed by atoms with Crippen molar-refractivity contribution in [1.29, 1.82) is 0 Å². The van der Waals surface area contributed by atoms with Crippen molar-refractivity contribution in [3.8, 4) is 0 Å². The van der Waals surface area contributed by atoms with Crippen molar-refractivity contribution < 1.29 is 4.79 Å². The Kier molecular flexibility index (Phi) is 5.22. The second-order valence-corrected chi connectivity index (χ2v) is 7.83. The molecule has 2 heterocycles. The zero-order valence-electron chi connectivity index (χ0n) is 14.6. The molecule has 1 saturated carbocycles. The summed E-state index contributed by atoms with van der Waals surface area (Å²) in [5.74, 6) is 0.782. The topological polar surface area (TPSA) is 32.3 Å². The Balaban J connectivity index is 0.00000169. The minimum atomic E-state index is 0. The highest BCUT2D eigenvalue weighted by Crippen LogP contribution is 2.59. The summed E-state index contributed by atoms with van der Waals surface area (Å²) >= 11 is 0. The summed E-state index contributed by atoms with van der Waals surface area (Å²) in [6, 6.07) is 9.04. The van der Waals surface area contributed by atoms with E-state index in [4.69, 9.17) is 0 Å². The van der Waals surface area contributed by atoms with Gasteiger partial charge >= 0.3 is 0 Å². The van der Waals surface area contributed by atoms with Crippen LogP contribution in [0.3, 0.4) is 0 Å². The molecule has 3 fully saturated rings. The van der Waals surface area contributed by atoms with Crippen molar-refractivity contribution >= 4 is 18.3 Å². The molecule has 4 rings (SSSR count). The fourth-order valence-electron chi connectivity index (χ4n) is 4.81. The van der Waals surface area contributed by atoms with Crippen LogP contribution in [0.15, 0.2) is 24.3 Å². The first kappa shape index (κ1) is 17.8. The minimum Gasteiger partial charge on any atom is -0.339 e. The molecule has 3 nitrogen and oxygen atoms in total. The Morgan fingerprint density at radius 1 is 1.29 bits per heavy atom. The fourth-order valence-corrected chi connectivity index (χ4v) is 4.81. The number of halogens is 1. The predicted molar refractivity (Wildman–Crippen MR) is 99.5 cm³/mol. The lowest BCUT2D eigenvalue weighted by Crippen LogP contribution is -2.40. The SMILES string of the molecule is Cc1ccccc1CC1CCCN1C(=O)C1CC12CCNCC2.Cl. The molecular weight excluding hydrogens is 320 g/mol. The van der Waals surface area contributed by atoms with E-state index in [0.29, 0.717) is 23.3 Å². The number of aryl methyl sites for hydroxylation is 1. The van der Waals surface area contributed by atoms with Gasteiger partial charge in [-0.1, -0.05) is 24.3 Å². The van der Waals surface area contributed by atoms with Gasteiger partial charge in [0.25, 0.3) is 0 Å². The molecule has 0 bridgehead atoms. The van der Waals surface area contributed by atoms with E-state index in [1.165, 1.54) is 36.8 Å². The van der Waals surface area contributed by atoms with Gasteiger partial charge in [0, 0.05) is 18.5 Å². The molecule has 24 heavy (non-hydrogen) atoms. The number of likely N-dealkylation sites (tertiary alicyclic amines) is 1. The lowest BCUT2D eigenvalue weighted by Gasteiger charge is -2.28. The van der Waals surface area contributed by atoms with Gasteiger partial charge in [0.1, 0.15) is 0 Å². The van der Waals surface area contributed by atoms with Gasteiger partial charge in [-0.05, 0) is 75.1 Å². The zero-order valence-corrected chi connectivity index (χ0v) is 15.4. The van der Waals surface area contributed by atoms with Gasteiger partial charge in [0.15, 0.2) is 0 Å². The molecule has 2 atom stereocenters. The van der Waals surface area contributed by atoms with Crippen LogP contribution in [0.2, 0.25) is 0 Å². The predicted octanol–water partition coefficient (Wildman–Crippen LogP) is 3.34. The Hall–Kier alpha value is -1.06. The smallest absolute Gasteiger partial charge is 0.226 e. The third-order valence-electron chi connectivity index (χ3n) is 6.46. The second kappa shape index (κ2) is 7.05. The molecule has 132 valence electrons. The molecule has 0 radical (unpaired) electrons. The number of carbonyl (C=O) groups is 1. The summed E-state index contributed by atoms with van der Waals surface area (Å²) in [6.07, 6.45) is 6.89. The number of benzene rings is 1. The normalized spacial score (nSPS) is 27.8. The van der Waals surface area contributed by atoms with E-state index in [2.05, 4.69) is 41.4 Å².